The molecule has 1 rings (SSSR count). The summed E-state index contributed by atoms with van der Waals surface area (Å²) in [5.74, 6) is 0.464. The molecule has 0 radical (unpaired) electrons. The largest absolute Gasteiger partial charge is 0.495 e. The van der Waals surface area contributed by atoms with Crippen molar-refractivity contribution >= 4 is 37.3 Å². The van der Waals surface area contributed by atoms with Crippen LogP contribution in [0.15, 0.2) is 51.1 Å². The summed E-state index contributed by atoms with van der Waals surface area (Å²) in [4.78, 5) is 4.46. The molecule has 1 unspecified atom stereocenters. The maximum atomic E-state index is 12.0. The third kappa shape index (κ3) is 6.89. The Bertz CT molecular complexity index is 850. The summed E-state index contributed by atoms with van der Waals surface area (Å²) in [5.41, 5.74) is 6.47. The Balaban J connectivity index is 3.14. The lowest BCUT2D eigenvalue weighted by Crippen LogP contribution is -2.26. The molecular formula is C17H25BrN4O4S. The molecule has 0 amide bonds. The number of methoxy groups -OCH3 is 1. The van der Waals surface area contributed by atoms with E-state index in [1.165, 1.54) is 25.5 Å². The van der Waals surface area contributed by atoms with Gasteiger partial charge in [-0.15, -0.1) is 0 Å². The van der Waals surface area contributed by atoms with Gasteiger partial charge in [-0.25, -0.2) is 8.99 Å². The van der Waals surface area contributed by atoms with E-state index in [0.717, 1.165) is 0 Å². The van der Waals surface area contributed by atoms with Gasteiger partial charge in [-0.1, -0.05) is 6.58 Å². The number of hydrogen-bond acceptors (Lipinski definition) is 6. The minimum absolute atomic E-state index is 0.0134. The van der Waals surface area contributed by atoms with Crippen LogP contribution in [0.4, 0.5) is 5.69 Å². The van der Waals surface area contributed by atoms with Crippen LogP contribution in [0, 0.1) is 4.78 Å². The fourth-order valence-electron chi connectivity index (χ4n) is 1.85. The monoisotopic (exact) mass is 460 g/mol. The first-order valence-corrected chi connectivity index (χ1v) is 10.7. The second-order valence-electron chi connectivity index (χ2n) is 5.75. The number of rotatable bonds is 8. The number of aliphatic hydroxyl groups is 1. The second kappa shape index (κ2) is 9.77. The summed E-state index contributed by atoms with van der Waals surface area (Å²) in [6.45, 7) is 6.93. The molecule has 0 aliphatic heterocycles. The number of benzene rings is 1. The SMILES string of the molecule is C=C/C(Br)=C(\N=C(/N)Nc1ccc(S(C)(=N)=O)c(OC)c1)O[C@H](C)[C@@H](C)O. The van der Waals surface area contributed by atoms with E-state index in [1.54, 1.807) is 26.0 Å². The summed E-state index contributed by atoms with van der Waals surface area (Å²) in [6.07, 6.45) is 1.58. The second-order valence-corrected chi connectivity index (χ2v) is 8.73. The molecule has 0 spiro atoms. The van der Waals surface area contributed by atoms with Crippen LogP contribution in [0.2, 0.25) is 0 Å². The average molecular weight is 461 g/mol. The Kier molecular flexibility index (Phi) is 8.32. The first-order valence-electron chi connectivity index (χ1n) is 7.89. The van der Waals surface area contributed by atoms with Gasteiger partial charge in [0.1, 0.15) is 11.9 Å². The van der Waals surface area contributed by atoms with Gasteiger partial charge in [0.15, 0.2) is 0 Å². The van der Waals surface area contributed by atoms with Gasteiger partial charge in [0, 0.05) is 18.0 Å². The van der Waals surface area contributed by atoms with E-state index < -0.39 is 21.9 Å². The fraction of sp³-hybridized carbons (Fsp3) is 0.353. The number of guanidine groups is 1. The predicted molar refractivity (Wildman–Crippen MR) is 112 cm³/mol. The molecule has 0 fully saturated rings. The number of ether oxygens (including phenoxy) is 2. The van der Waals surface area contributed by atoms with Gasteiger partial charge in [-0.2, -0.15) is 4.99 Å². The lowest BCUT2D eigenvalue weighted by Gasteiger charge is -2.18. The lowest BCUT2D eigenvalue weighted by molar-refractivity contribution is 0.0170. The minimum Gasteiger partial charge on any atom is -0.495 e. The molecule has 0 aromatic heterocycles. The Morgan fingerprint density at radius 3 is 2.63 bits per heavy atom. The smallest absolute Gasteiger partial charge is 0.231 e. The zero-order valence-electron chi connectivity index (χ0n) is 15.7. The summed E-state index contributed by atoms with van der Waals surface area (Å²) >= 11 is 3.28. The summed E-state index contributed by atoms with van der Waals surface area (Å²) in [5, 5.41) is 12.5. The number of nitrogens with two attached hydrogens (primary N) is 1. The van der Waals surface area contributed by atoms with Gasteiger partial charge >= 0.3 is 0 Å². The van der Waals surface area contributed by atoms with E-state index in [4.69, 9.17) is 20.0 Å². The number of aliphatic imine (C=N–C) groups is 1. The van der Waals surface area contributed by atoms with Crippen molar-refractivity contribution in [2.75, 3.05) is 18.7 Å². The number of aliphatic hydroxyl groups excluding tert-OH is 1. The third-order valence-electron chi connectivity index (χ3n) is 3.44. The van der Waals surface area contributed by atoms with E-state index in [1.807, 2.05) is 0 Å². The Hall–Kier alpha value is -2.04. The van der Waals surface area contributed by atoms with Crippen molar-refractivity contribution in [3.63, 3.8) is 0 Å². The topological polar surface area (TPSA) is 130 Å². The normalized spacial score (nSPS) is 17.2. The Morgan fingerprint density at radius 1 is 1.52 bits per heavy atom. The van der Waals surface area contributed by atoms with E-state index >= 15 is 0 Å². The van der Waals surface area contributed by atoms with Gasteiger partial charge in [0.05, 0.1) is 32.3 Å². The molecule has 27 heavy (non-hydrogen) atoms. The van der Waals surface area contributed by atoms with Crippen LogP contribution in [0.25, 0.3) is 0 Å². The van der Waals surface area contributed by atoms with Crippen molar-refractivity contribution in [3.8, 4) is 5.75 Å². The van der Waals surface area contributed by atoms with Gasteiger partial charge in [0.25, 0.3) is 0 Å². The van der Waals surface area contributed by atoms with Crippen LogP contribution >= 0.6 is 15.9 Å². The molecule has 150 valence electrons. The van der Waals surface area contributed by atoms with Crippen LogP contribution < -0.4 is 15.8 Å². The summed E-state index contributed by atoms with van der Waals surface area (Å²) in [7, 11) is -1.50. The molecular weight excluding hydrogens is 436 g/mol. The number of nitrogens with one attached hydrogen (secondary N) is 2. The van der Waals surface area contributed by atoms with E-state index in [9.17, 15) is 9.32 Å². The molecule has 0 aliphatic carbocycles. The van der Waals surface area contributed by atoms with Gasteiger partial charge in [-0.3, -0.25) is 0 Å². The van der Waals surface area contributed by atoms with Crippen molar-refractivity contribution in [2.24, 2.45) is 10.7 Å². The molecule has 0 heterocycles. The maximum absolute atomic E-state index is 12.0. The number of allylic oxidation sites excluding steroid dienone is 2. The van der Waals surface area contributed by atoms with Crippen molar-refractivity contribution in [2.45, 2.75) is 31.0 Å². The van der Waals surface area contributed by atoms with Crippen LogP contribution in [0.5, 0.6) is 5.75 Å². The number of halogens is 1. The lowest BCUT2D eigenvalue weighted by atomic mass is 10.3. The number of anilines is 1. The van der Waals surface area contributed by atoms with Crippen LogP contribution in [0.3, 0.4) is 0 Å². The zero-order chi connectivity index (χ0) is 20.8. The van der Waals surface area contributed by atoms with E-state index in [0.29, 0.717) is 15.9 Å². The molecule has 0 saturated carbocycles. The Morgan fingerprint density at radius 2 is 2.15 bits per heavy atom. The third-order valence-corrected chi connectivity index (χ3v) is 5.28. The van der Waals surface area contributed by atoms with Crippen LogP contribution in [-0.4, -0.2) is 40.8 Å². The first-order chi connectivity index (χ1) is 12.5. The highest BCUT2D eigenvalue weighted by atomic mass is 79.9. The highest BCUT2D eigenvalue weighted by molar-refractivity contribution is 9.11. The molecule has 1 aromatic rings. The number of hydrogen-bond donors (Lipinski definition) is 4. The quantitative estimate of drug-likeness (QED) is 0.204. The molecule has 3 atom stereocenters. The van der Waals surface area contributed by atoms with Crippen molar-refractivity contribution in [1.29, 1.82) is 4.78 Å². The molecule has 5 N–H and O–H groups in total. The molecule has 8 nitrogen and oxygen atoms in total. The predicted octanol–water partition coefficient (Wildman–Crippen LogP) is 2.99. The molecule has 0 saturated heterocycles. The fourth-order valence-corrected chi connectivity index (χ4v) is 2.89. The van der Waals surface area contributed by atoms with Crippen molar-refractivity contribution < 1.29 is 18.8 Å². The minimum atomic E-state index is -2.93. The van der Waals surface area contributed by atoms with Gasteiger partial charge < -0.3 is 25.6 Å². The summed E-state index contributed by atoms with van der Waals surface area (Å²) in [6, 6.07) is 4.72. The van der Waals surface area contributed by atoms with E-state index in [2.05, 4.69) is 32.8 Å². The molecule has 0 aliphatic rings. The summed E-state index contributed by atoms with van der Waals surface area (Å²) < 4.78 is 31.0. The molecule has 1 aromatic carbocycles. The van der Waals surface area contributed by atoms with E-state index in [-0.39, 0.29) is 16.7 Å². The maximum Gasteiger partial charge on any atom is 0.231 e. The van der Waals surface area contributed by atoms with Gasteiger partial charge in [-0.05, 0) is 48.0 Å². The highest BCUT2D eigenvalue weighted by Gasteiger charge is 2.15. The first kappa shape index (κ1) is 23.0. The van der Waals surface area contributed by atoms with Gasteiger partial charge in [0.2, 0.25) is 11.8 Å². The number of nitrogens with zero attached hydrogens (tertiary/aromatic N) is 1. The average Bonchev–Trinajstić information content (AvgIpc) is 2.58. The molecule has 0 bridgehead atoms. The van der Waals surface area contributed by atoms with Crippen LogP contribution in [-0.2, 0) is 14.5 Å². The molecule has 10 heteroatoms. The van der Waals surface area contributed by atoms with Crippen molar-refractivity contribution in [3.05, 3.63) is 41.2 Å². The zero-order valence-corrected chi connectivity index (χ0v) is 18.1. The standard InChI is InChI=1S/C17H25BrN4O4S/c1-6-13(18)16(26-11(3)10(2)23)22-17(19)21-12-7-8-15(27(5,20)24)14(9-12)25-4/h6-11,20,23H,1H2,2-5H3,(H3,19,21,22)/b16-13-/t10-,11-,27?/m1/s1. The van der Waals surface area contributed by atoms with Crippen LogP contribution in [0.1, 0.15) is 13.8 Å². The Labute approximate surface area is 168 Å². The van der Waals surface area contributed by atoms with Crippen molar-refractivity contribution in [1.82, 2.24) is 0 Å². The highest BCUT2D eigenvalue weighted by Crippen LogP contribution is 2.27.